The first kappa shape index (κ1) is 19.9. The molecule has 2 amide bonds. The predicted octanol–water partition coefficient (Wildman–Crippen LogP) is 3.23. The number of anilines is 1. The van der Waals surface area contributed by atoms with Crippen LogP contribution in [-0.2, 0) is 14.3 Å². The first-order chi connectivity index (χ1) is 12.5. The highest BCUT2D eigenvalue weighted by atomic mass is 16.5. The Hall–Kier alpha value is -2.37. The van der Waals surface area contributed by atoms with Crippen molar-refractivity contribution in [2.45, 2.75) is 46.0 Å². The van der Waals surface area contributed by atoms with Gasteiger partial charge in [0.25, 0.3) is 0 Å². The molecular formula is C20H28N2O4. The van der Waals surface area contributed by atoms with E-state index in [0.29, 0.717) is 30.8 Å². The topological polar surface area (TPSA) is 75.7 Å². The lowest BCUT2D eigenvalue weighted by Crippen LogP contribution is -2.43. The number of nitrogens with one attached hydrogen (secondary N) is 1. The first-order valence-corrected chi connectivity index (χ1v) is 9.41. The van der Waals surface area contributed by atoms with Crippen LogP contribution >= 0.6 is 0 Å². The number of carbonyl (C=O) groups excluding carboxylic acids is 3. The van der Waals surface area contributed by atoms with E-state index in [4.69, 9.17) is 4.74 Å². The van der Waals surface area contributed by atoms with E-state index in [1.54, 1.807) is 29.2 Å². The van der Waals surface area contributed by atoms with Crippen molar-refractivity contribution >= 4 is 23.5 Å². The van der Waals surface area contributed by atoms with Crippen LogP contribution in [0.2, 0.25) is 0 Å². The molecule has 0 spiro atoms. The van der Waals surface area contributed by atoms with Crippen LogP contribution in [0.15, 0.2) is 24.3 Å². The summed E-state index contributed by atoms with van der Waals surface area (Å²) in [5, 5.41) is 2.88. The number of carbonyl (C=O) groups is 3. The monoisotopic (exact) mass is 360 g/mol. The van der Waals surface area contributed by atoms with E-state index in [1.807, 2.05) is 13.8 Å². The molecule has 0 aromatic heterocycles. The number of piperidine rings is 1. The Morgan fingerprint density at radius 1 is 1.19 bits per heavy atom. The molecule has 1 saturated heterocycles. The van der Waals surface area contributed by atoms with Gasteiger partial charge < -0.3 is 15.0 Å². The highest BCUT2D eigenvalue weighted by Crippen LogP contribution is 2.20. The summed E-state index contributed by atoms with van der Waals surface area (Å²) in [7, 11) is 0. The summed E-state index contributed by atoms with van der Waals surface area (Å²) < 4.78 is 5.17. The standard InChI is InChI=1S/C20H28N2O4/c1-3-5-13-26-20(25)15-8-10-17(11-9-15)21-19(24)16-7-6-12-22(14-16)18(23)4-2/h8-11,16H,3-7,12-14H2,1-2H3,(H,21,24). The molecule has 1 aliphatic rings. The highest BCUT2D eigenvalue weighted by Gasteiger charge is 2.27. The Bertz CT molecular complexity index is 627. The van der Waals surface area contributed by atoms with Crippen LogP contribution in [-0.4, -0.2) is 42.4 Å². The van der Waals surface area contributed by atoms with Crippen molar-refractivity contribution in [3.63, 3.8) is 0 Å². The van der Waals surface area contributed by atoms with Crippen molar-refractivity contribution in [3.8, 4) is 0 Å². The predicted molar refractivity (Wildman–Crippen MR) is 99.9 cm³/mol. The molecule has 2 rings (SSSR count). The molecule has 1 aliphatic heterocycles. The number of esters is 1. The number of ether oxygens (including phenoxy) is 1. The fourth-order valence-electron chi connectivity index (χ4n) is 2.97. The van der Waals surface area contributed by atoms with Crippen LogP contribution in [0.5, 0.6) is 0 Å². The number of amides is 2. The lowest BCUT2D eigenvalue weighted by molar-refractivity contribution is -0.134. The van der Waals surface area contributed by atoms with Crippen molar-refractivity contribution in [1.82, 2.24) is 4.90 Å². The number of hydrogen-bond donors (Lipinski definition) is 1. The van der Waals surface area contributed by atoms with E-state index in [0.717, 1.165) is 32.2 Å². The molecule has 26 heavy (non-hydrogen) atoms. The van der Waals surface area contributed by atoms with Gasteiger partial charge in [0.15, 0.2) is 0 Å². The minimum atomic E-state index is -0.350. The van der Waals surface area contributed by atoms with Gasteiger partial charge in [0.05, 0.1) is 18.1 Å². The number of hydrogen-bond acceptors (Lipinski definition) is 4. The fraction of sp³-hybridized carbons (Fsp3) is 0.550. The molecule has 0 bridgehead atoms. The maximum Gasteiger partial charge on any atom is 0.338 e. The lowest BCUT2D eigenvalue weighted by Gasteiger charge is -2.31. The van der Waals surface area contributed by atoms with Gasteiger partial charge in [-0.15, -0.1) is 0 Å². The molecule has 6 heteroatoms. The van der Waals surface area contributed by atoms with Crippen LogP contribution in [0.4, 0.5) is 5.69 Å². The molecule has 142 valence electrons. The van der Waals surface area contributed by atoms with Crippen LogP contribution in [0.1, 0.15) is 56.3 Å². The lowest BCUT2D eigenvalue weighted by atomic mass is 9.96. The highest BCUT2D eigenvalue weighted by molar-refractivity contribution is 5.94. The normalized spacial score (nSPS) is 16.8. The van der Waals surface area contributed by atoms with Gasteiger partial charge >= 0.3 is 5.97 Å². The second-order valence-corrected chi connectivity index (χ2v) is 6.59. The number of nitrogens with zero attached hydrogens (tertiary/aromatic N) is 1. The van der Waals surface area contributed by atoms with Gasteiger partial charge in [0.1, 0.15) is 0 Å². The number of unbranched alkanes of at least 4 members (excludes halogenated alkanes) is 1. The second-order valence-electron chi connectivity index (χ2n) is 6.59. The Balaban J connectivity index is 1.88. The Morgan fingerprint density at radius 2 is 1.92 bits per heavy atom. The number of rotatable bonds is 7. The third-order valence-electron chi connectivity index (χ3n) is 4.57. The molecule has 1 heterocycles. The van der Waals surface area contributed by atoms with Crippen molar-refractivity contribution in [2.75, 3.05) is 25.0 Å². The van der Waals surface area contributed by atoms with Crippen LogP contribution < -0.4 is 5.32 Å². The summed E-state index contributed by atoms with van der Waals surface area (Å²) in [6, 6.07) is 6.70. The van der Waals surface area contributed by atoms with E-state index in [9.17, 15) is 14.4 Å². The molecule has 1 N–H and O–H groups in total. The molecule has 6 nitrogen and oxygen atoms in total. The van der Waals surface area contributed by atoms with Gasteiger partial charge in [-0.1, -0.05) is 20.3 Å². The molecule has 1 atom stereocenters. The van der Waals surface area contributed by atoms with E-state index in [-0.39, 0.29) is 23.7 Å². The number of benzene rings is 1. The average molecular weight is 360 g/mol. The van der Waals surface area contributed by atoms with Gasteiger partial charge in [-0.25, -0.2) is 4.79 Å². The van der Waals surface area contributed by atoms with E-state index in [2.05, 4.69) is 5.32 Å². The zero-order valence-electron chi connectivity index (χ0n) is 15.6. The zero-order valence-corrected chi connectivity index (χ0v) is 15.6. The Morgan fingerprint density at radius 3 is 2.58 bits per heavy atom. The van der Waals surface area contributed by atoms with E-state index < -0.39 is 0 Å². The molecule has 1 unspecified atom stereocenters. The van der Waals surface area contributed by atoms with Gasteiger partial charge in [-0.2, -0.15) is 0 Å². The van der Waals surface area contributed by atoms with Crippen LogP contribution in [0.25, 0.3) is 0 Å². The maximum atomic E-state index is 12.5. The molecule has 1 aromatic rings. The molecule has 0 radical (unpaired) electrons. The smallest absolute Gasteiger partial charge is 0.338 e. The minimum absolute atomic E-state index is 0.0862. The van der Waals surface area contributed by atoms with Crippen LogP contribution in [0, 0.1) is 5.92 Å². The van der Waals surface area contributed by atoms with Crippen molar-refractivity contribution in [3.05, 3.63) is 29.8 Å². The summed E-state index contributed by atoms with van der Waals surface area (Å²) >= 11 is 0. The first-order valence-electron chi connectivity index (χ1n) is 9.41. The van der Waals surface area contributed by atoms with Crippen molar-refractivity contribution in [2.24, 2.45) is 5.92 Å². The fourth-order valence-corrected chi connectivity index (χ4v) is 2.97. The SMILES string of the molecule is CCCCOC(=O)c1ccc(NC(=O)C2CCCN(C(=O)CC)C2)cc1. The third-order valence-corrected chi connectivity index (χ3v) is 4.57. The average Bonchev–Trinajstić information content (AvgIpc) is 2.68. The summed E-state index contributed by atoms with van der Waals surface area (Å²) in [5.41, 5.74) is 1.11. The summed E-state index contributed by atoms with van der Waals surface area (Å²) in [6.45, 7) is 5.49. The van der Waals surface area contributed by atoms with Crippen molar-refractivity contribution < 1.29 is 19.1 Å². The maximum absolute atomic E-state index is 12.5. The van der Waals surface area contributed by atoms with Gasteiger partial charge in [-0.3, -0.25) is 9.59 Å². The van der Waals surface area contributed by atoms with Gasteiger partial charge in [-0.05, 0) is 43.5 Å². The largest absolute Gasteiger partial charge is 0.462 e. The third kappa shape index (κ3) is 5.58. The molecule has 1 fully saturated rings. The zero-order chi connectivity index (χ0) is 18.9. The molecule has 1 aromatic carbocycles. The Labute approximate surface area is 154 Å². The van der Waals surface area contributed by atoms with Gasteiger partial charge in [0, 0.05) is 25.2 Å². The Kier molecular flexibility index (Phi) is 7.63. The van der Waals surface area contributed by atoms with Crippen LogP contribution in [0.3, 0.4) is 0 Å². The molecule has 0 aliphatic carbocycles. The molecular weight excluding hydrogens is 332 g/mol. The second kappa shape index (κ2) is 9.94. The minimum Gasteiger partial charge on any atom is -0.462 e. The number of likely N-dealkylation sites (tertiary alicyclic amines) is 1. The van der Waals surface area contributed by atoms with E-state index in [1.165, 1.54) is 0 Å². The molecule has 0 saturated carbocycles. The summed E-state index contributed by atoms with van der Waals surface area (Å²) in [5.74, 6) is -0.541. The van der Waals surface area contributed by atoms with E-state index >= 15 is 0 Å². The van der Waals surface area contributed by atoms with Gasteiger partial charge in [0.2, 0.25) is 11.8 Å². The van der Waals surface area contributed by atoms with Crippen molar-refractivity contribution in [1.29, 1.82) is 0 Å². The summed E-state index contributed by atoms with van der Waals surface area (Å²) in [6.07, 6.45) is 3.90. The summed E-state index contributed by atoms with van der Waals surface area (Å²) in [4.78, 5) is 38.0. The quantitative estimate of drug-likeness (QED) is 0.598.